The van der Waals surface area contributed by atoms with Gasteiger partial charge in [-0.15, -0.1) is 0 Å². The van der Waals surface area contributed by atoms with E-state index in [0.717, 1.165) is 75.7 Å². The Morgan fingerprint density at radius 1 is 0.810 bits per heavy atom. The van der Waals surface area contributed by atoms with Crippen molar-refractivity contribution in [2.45, 2.75) is 43.4 Å². The van der Waals surface area contributed by atoms with E-state index in [1.54, 1.807) is 17.0 Å². The highest BCUT2D eigenvalue weighted by Gasteiger charge is 2.32. The van der Waals surface area contributed by atoms with E-state index in [0.29, 0.717) is 66.5 Å². The van der Waals surface area contributed by atoms with Gasteiger partial charge < -0.3 is 34.3 Å². The van der Waals surface area contributed by atoms with E-state index in [2.05, 4.69) is 70.6 Å². The molecule has 0 radical (unpaired) electrons. The average molecular weight is 1050 g/mol. The maximum atomic E-state index is 13.5. The predicted molar refractivity (Wildman–Crippen MR) is 237 cm³/mol. The third kappa shape index (κ3) is 10.1. The monoisotopic (exact) mass is 1050 g/mol. The molecule has 0 aromatic heterocycles. The number of amides is 3. The Morgan fingerprint density at radius 2 is 1.41 bits per heavy atom. The normalized spacial score (nSPS) is 15.1. The smallest absolute Gasteiger partial charge is 0.333 e. The van der Waals surface area contributed by atoms with E-state index >= 15 is 0 Å². The van der Waals surface area contributed by atoms with Crippen molar-refractivity contribution < 1.29 is 42.1 Å². The van der Waals surface area contributed by atoms with E-state index in [1.807, 2.05) is 24.3 Å². The number of phenols is 1. The van der Waals surface area contributed by atoms with Crippen LogP contribution in [-0.2, 0) is 54.7 Å². The summed E-state index contributed by atoms with van der Waals surface area (Å²) in [5.41, 5.74) is 8.54. The molecule has 0 bridgehead atoms. The minimum atomic E-state index is -4.10. The maximum absolute atomic E-state index is 13.5. The number of nitrogens with zero attached hydrogens (tertiary/aromatic N) is 1. The van der Waals surface area contributed by atoms with E-state index in [4.69, 9.17) is 18.9 Å². The summed E-state index contributed by atoms with van der Waals surface area (Å²) >= 11 is 8.95. The number of halogens is 3. The van der Waals surface area contributed by atoms with Crippen LogP contribution >= 0.6 is 54.5 Å². The van der Waals surface area contributed by atoms with Crippen LogP contribution in [0, 0.1) is 3.57 Å². The van der Waals surface area contributed by atoms with Crippen LogP contribution < -0.4 is 19.7 Å². The lowest BCUT2D eigenvalue weighted by Crippen LogP contribution is -2.35. The van der Waals surface area contributed by atoms with Crippen LogP contribution in [0.5, 0.6) is 11.5 Å². The predicted octanol–water partition coefficient (Wildman–Crippen LogP) is 8.03. The lowest BCUT2D eigenvalue weighted by molar-refractivity contribution is -0.113. The van der Waals surface area contributed by atoms with Gasteiger partial charge >= 0.3 is 6.03 Å². The maximum Gasteiger partial charge on any atom is 0.333 e. The van der Waals surface area contributed by atoms with Crippen molar-refractivity contribution >= 4 is 99.4 Å². The molecule has 0 fully saturated rings. The summed E-state index contributed by atoms with van der Waals surface area (Å²) in [6.07, 6.45) is 7.61. The molecule has 0 saturated heterocycles. The van der Waals surface area contributed by atoms with Crippen molar-refractivity contribution in [1.82, 2.24) is 4.72 Å². The van der Waals surface area contributed by atoms with Crippen molar-refractivity contribution in [3.63, 3.8) is 0 Å². The Bertz CT molecular complexity index is 2290. The molecule has 1 aliphatic heterocycles. The minimum Gasteiger partial charge on any atom is -0.506 e. The number of urea groups is 1. The number of aromatic hydroxyl groups is 1. The third-order valence-corrected chi connectivity index (χ3v) is 13.4. The van der Waals surface area contributed by atoms with Crippen LogP contribution in [0.4, 0.5) is 16.2 Å². The molecule has 7 rings (SSSR count). The lowest BCUT2D eigenvalue weighted by Gasteiger charge is -2.17. The largest absolute Gasteiger partial charge is 0.506 e. The van der Waals surface area contributed by atoms with Crippen molar-refractivity contribution in [3.05, 3.63) is 107 Å². The van der Waals surface area contributed by atoms with Crippen LogP contribution in [0.1, 0.15) is 46.2 Å². The Balaban J connectivity index is 0.768. The number of phenolic OH excluding ortho intramolecular Hbond substituents is 1. The number of carbonyl (C=O) groups is 2. The number of benzene rings is 4. The number of carbonyl (C=O) groups excluding carboxylic acids is 2. The van der Waals surface area contributed by atoms with Gasteiger partial charge in [0.05, 0.1) is 59.2 Å². The van der Waals surface area contributed by atoms with Gasteiger partial charge in [-0.25, -0.2) is 17.9 Å². The molecular formula is C42H42Br2IN3O9S. The number of hydrogen-bond donors (Lipinski definition) is 3. The van der Waals surface area contributed by atoms with Crippen molar-refractivity contribution in [1.29, 1.82) is 0 Å². The quantitative estimate of drug-likeness (QED) is 0.0543. The molecule has 2 aliphatic carbocycles. The fraction of sp³-hybridized carbons (Fsp3) is 0.333. The standard InChI is InChI=1S/C42H42Br2IN3O9S/c43-36-22-26(23-37(44)40(36)49)21-35-34-25-29(45)7-12-38(34)48(41(35)50)13-14-54-15-16-55-17-18-56-19-20-57-30-8-10-31(11-9-30)58(52,53)47-42(51)46-39-32-5-1-3-27(32)24-28-4-2-6-33(28)39/h7-12,21-25,49H,1-6,13-20H2,(H2,46,47,51)/b35-21+. The number of fused-ring (bicyclic) bond motifs is 3. The summed E-state index contributed by atoms with van der Waals surface area (Å²) in [6.45, 7) is 2.68. The highest BCUT2D eigenvalue weighted by atomic mass is 127. The second-order valence-electron chi connectivity index (χ2n) is 14.0. The van der Waals surface area contributed by atoms with Gasteiger partial charge in [-0.3, -0.25) is 4.79 Å². The van der Waals surface area contributed by atoms with Gasteiger partial charge in [-0.1, -0.05) is 6.07 Å². The number of ether oxygens (including phenoxy) is 4. The topological polar surface area (TPSA) is 153 Å². The summed E-state index contributed by atoms with van der Waals surface area (Å²) in [7, 11) is -4.10. The Morgan fingerprint density at radius 3 is 2.05 bits per heavy atom. The zero-order valence-corrected chi connectivity index (χ0v) is 37.6. The molecular weight excluding hydrogens is 1010 g/mol. The third-order valence-electron chi connectivity index (χ3n) is 10.1. The summed E-state index contributed by atoms with van der Waals surface area (Å²) in [6, 6.07) is 16.8. The molecule has 16 heteroatoms. The van der Waals surface area contributed by atoms with Crippen LogP contribution in [0.2, 0.25) is 0 Å². The molecule has 3 amide bonds. The van der Waals surface area contributed by atoms with Crippen molar-refractivity contribution in [2.75, 3.05) is 63.0 Å². The molecule has 0 unspecified atom stereocenters. The number of nitrogens with one attached hydrogen (secondary N) is 2. The zero-order chi connectivity index (χ0) is 40.8. The number of hydrogen-bond acceptors (Lipinski definition) is 9. The minimum absolute atomic E-state index is 0.0452. The fourth-order valence-electron chi connectivity index (χ4n) is 7.44. The molecule has 3 aliphatic rings. The van der Waals surface area contributed by atoms with Gasteiger partial charge in [0.25, 0.3) is 15.9 Å². The second-order valence-corrected chi connectivity index (χ2v) is 18.6. The Hall–Kier alpha value is -3.52. The molecule has 4 aromatic carbocycles. The van der Waals surface area contributed by atoms with Gasteiger partial charge in [0.2, 0.25) is 0 Å². The van der Waals surface area contributed by atoms with Gasteiger partial charge in [0.1, 0.15) is 18.1 Å². The van der Waals surface area contributed by atoms with E-state index in [-0.39, 0.29) is 23.2 Å². The summed E-state index contributed by atoms with van der Waals surface area (Å²) in [5, 5.41) is 13.0. The first kappa shape index (κ1) is 42.6. The molecule has 12 nitrogen and oxygen atoms in total. The molecule has 1 heterocycles. The summed E-state index contributed by atoms with van der Waals surface area (Å²) in [4.78, 5) is 28.1. The Kier molecular flexibility index (Phi) is 14.1. The number of anilines is 2. The van der Waals surface area contributed by atoms with Gasteiger partial charge in [-0.2, -0.15) is 0 Å². The van der Waals surface area contributed by atoms with E-state index in [1.165, 1.54) is 35.4 Å². The van der Waals surface area contributed by atoms with Crippen LogP contribution in [0.25, 0.3) is 11.6 Å². The van der Waals surface area contributed by atoms with E-state index in [9.17, 15) is 23.1 Å². The van der Waals surface area contributed by atoms with Crippen LogP contribution in [0.3, 0.4) is 0 Å². The SMILES string of the molecule is O=C(Nc1c2c(cc3c1CCC3)CCC2)NS(=O)(=O)c1ccc(OCCOCCOCCOCCN2C(=O)/C(=C/c3cc(Br)c(O)c(Br)c3)c3cc(I)ccc32)cc1. The van der Waals surface area contributed by atoms with E-state index < -0.39 is 16.1 Å². The average Bonchev–Trinajstić information content (AvgIpc) is 3.93. The molecule has 0 spiro atoms. The highest BCUT2D eigenvalue weighted by Crippen LogP contribution is 2.41. The van der Waals surface area contributed by atoms with Crippen molar-refractivity contribution in [3.8, 4) is 11.5 Å². The number of rotatable bonds is 17. The second kappa shape index (κ2) is 19.2. The number of aryl methyl sites for hydroxylation is 2. The molecule has 0 atom stereocenters. The summed E-state index contributed by atoms with van der Waals surface area (Å²) in [5.74, 6) is 0.445. The van der Waals surface area contributed by atoms with Gasteiger partial charge in [0, 0.05) is 26.9 Å². The summed E-state index contributed by atoms with van der Waals surface area (Å²) < 4.78 is 52.9. The highest BCUT2D eigenvalue weighted by molar-refractivity contribution is 14.1. The van der Waals surface area contributed by atoms with Gasteiger partial charge in [0.15, 0.2) is 0 Å². The lowest BCUT2D eigenvalue weighted by atomic mass is 9.99. The molecule has 3 N–H and O–H groups in total. The van der Waals surface area contributed by atoms with Gasteiger partial charge in [-0.05, 0) is 181 Å². The zero-order valence-electron chi connectivity index (χ0n) is 31.5. The first-order valence-corrected chi connectivity index (χ1v) is 23.1. The van der Waals surface area contributed by atoms with Crippen molar-refractivity contribution in [2.24, 2.45) is 0 Å². The first-order valence-electron chi connectivity index (χ1n) is 19.0. The Labute approximate surface area is 368 Å². The number of sulfonamides is 1. The van der Waals surface area contributed by atoms with Crippen LogP contribution in [0.15, 0.2) is 74.5 Å². The molecule has 306 valence electrons. The van der Waals surface area contributed by atoms with Crippen LogP contribution in [-0.4, -0.2) is 78.3 Å². The molecule has 0 saturated carbocycles. The fourth-order valence-corrected chi connectivity index (χ4v) is 10.1. The molecule has 58 heavy (non-hydrogen) atoms. The first-order chi connectivity index (χ1) is 28.0. The molecule has 4 aromatic rings.